The molecule has 1 aliphatic rings. The Kier molecular flexibility index (Phi) is 6.07. The summed E-state index contributed by atoms with van der Waals surface area (Å²) in [5.74, 6) is -0.770. The molecule has 0 saturated carbocycles. The van der Waals surface area contributed by atoms with Gasteiger partial charge in [0.2, 0.25) is 5.91 Å². The molecule has 0 aromatic rings. The van der Waals surface area contributed by atoms with Crippen molar-refractivity contribution < 1.29 is 14.7 Å². The van der Waals surface area contributed by atoms with Crippen molar-refractivity contribution >= 4 is 11.9 Å². The minimum Gasteiger partial charge on any atom is -0.480 e. The van der Waals surface area contributed by atoms with Crippen LogP contribution < -0.4 is 5.32 Å². The van der Waals surface area contributed by atoms with E-state index in [2.05, 4.69) is 10.2 Å². The normalized spacial score (nSPS) is 16.8. The number of carbonyl (C=O) groups excluding carboxylic acids is 1. The first kappa shape index (κ1) is 14.9. The van der Waals surface area contributed by atoms with Crippen LogP contribution in [0.15, 0.2) is 0 Å². The molecule has 0 spiro atoms. The average molecular weight is 257 g/mol. The van der Waals surface area contributed by atoms with E-state index in [9.17, 15) is 9.59 Å². The topological polar surface area (TPSA) is 72.9 Å². The second-order valence-corrected chi connectivity index (χ2v) is 5.09. The van der Waals surface area contributed by atoms with Gasteiger partial charge in [-0.2, -0.15) is 0 Å². The summed E-state index contributed by atoms with van der Waals surface area (Å²) in [6, 6.07) is 0. The number of carboxylic acid groups (broad SMARTS) is 1. The number of aliphatic carboxylic acids is 1. The number of hydrogen-bond donors (Lipinski definition) is 2. The van der Waals surface area contributed by atoms with E-state index in [4.69, 9.17) is 5.11 Å². The predicted octanol–water partition coefficient (Wildman–Crippen LogP) is -0.539. The second kappa shape index (κ2) is 7.33. The fourth-order valence-electron chi connectivity index (χ4n) is 2.02. The smallest absolute Gasteiger partial charge is 0.323 e. The van der Waals surface area contributed by atoms with Crippen LogP contribution >= 0.6 is 0 Å². The number of hydrogen-bond acceptors (Lipinski definition) is 4. The number of nitrogens with zero attached hydrogens (tertiary/aromatic N) is 2. The van der Waals surface area contributed by atoms with Gasteiger partial charge >= 0.3 is 5.97 Å². The van der Waals surface area contributed by atoms with Gasteiger partial charge in [0.15, 0.2) is 0 Å². The van der Waals surface area contributed by atoms with E-state index >= 15 is 0 Å². The number of rotatable bonds is 6. The van der Waals surface area contributed by atoms with Crippen molar-refractivity contribution in [1.82, 2.24) is 15.1 Å². The summed E-state index contributed by atoms with van der Waals surface area (Å²) in [6.45, 7) is 8.03. The van der Waals surface area contributed by atoms with Crippen LogP contribution in [-0.4, -0.2) is 72.6 Å². The Bertz CT molecular complexity index is 288. The predicted molar refractivity (Wildman–Crippen MR) is 68.4 cm³/mol. The van der Waals surface area contributed by atoms with E-state index < -0.39 is 5.97 Å². The fraction of sp³-hybridized carbons (Fsp3) is 0.833. The molecule has 0 aromatic heterocycles. The maximum atomic E-state index is 12.1. The standard InChI is InChI=1S/C12H23N3O3/c1-10(2)7-15(9-12(17)18)11(16)8-14-5-3-13-4-6-14/h10,13H,3-9H2,1-2H3,(H,17,18). The first-order valence-electron chi connectivity index (χ1n) is 6.41. The van der Waals surface area contributed by atoms with Crippen LogP contribution in [0.5, 0.6) is 0 Å². The first-order chi connectivity index (χ1) is 8.49. The number of piperazine rings is 1. The van der Waals surface area contributed by atoms with Crippen molar-refractivity contribution in [3.63, 3.8) is 0 Å². The molecule has 1 rings (SSSR count). The third-order valence-corrected chi connectivity index (χ3v) is 2.83. The third-order valence-electron chi connectivity index (χ3n) is 2.83. The summed E-state index contributed by atoms with van der Waals surface area (Å²) in [5, 5.41) is 12.1. The maximum absolute atomic E-state index is 12.1. The van der Waals surface area contributed by atoms with Crippen LogP contribution in [0.4, 0.5) is 0 Å². The van der Waals surface area contributed by atoms with Crippen molar-refractivity contribution in [3.8, 4) is 0 Å². The summed E-state index contributed by atoms with van der Waals surface area (Å²) >= 11 is 0. The van der Waals surface area contributed by atoms with E-state index in [-0.39, 0.29) is 18.4 Å². The summed E-state index contributed by atoms with van der Waals surface area (Å²) in [4.78, 5) is 26.4. The fourth-order valence-corrected chi connectivity index (χ4v) is 2.02. The molecule has 6 nitrogen and oxygen atoms in total. The van der Waals surface area contributed by atoms with Crippen molar-refractivity contribution in [2.45, 2.75) is 13.8 Å². The minimum absolute atomic E-state index is 0.0898. The molecule has 0 unspecified atom stereocenters. The lowest BCUT2D eigenvalue weighted by Crippen LogP contribution is -2.49. The summed E-state index contributed by atoms with van der Waals surface area (Å²) in [7, 11) is 0. The quantitative estimate of drug-likeness (QED) is 0.668. The zero-order chi connectivity index (χ0) is 13.5. The molecule has 0 atom stereocenters. The van der Waals surface area contributed by atoms with Crippen molar-refractivity contribution in [1.29, 1.82) is 0 Å². The molecule has 104 valence electrons. The molecule has 0 aromatic carbocycles. The molecule has 0 radical (unpaired) electrons. The van der Waals surface area contributed by atoms with Crippen LogP contribution in [0.25, 0.3) is 0 Å². The van der Waals surface area contributed by atoms with Gasteiger partial charge in [-0.3, -0.25) is 14.5 Å². The Morgan fingerprint density at radius 2 is 1.94 bits per heavy atom. The SMILES string of the molecule is CC(C)CN(CC(=O)O)C(=O)CN1CCNCC1. The van der Waals surface area contributed by atoms with Gasteiger partial charge in [-0.25, -0.2) is 0 Å². The number of carboxylic acids is 1. The summed E-state index contributed by atoms with van der Waals surface area (Å²) in [6.07, 6.45) is 0. The van der Waals surface area contributed by atoms with Crippen LogP contribution in [-0.2, 0) is 9.59 Å². The number of nitrogens with one attached hydrogen (secondary N) is 1. The number of amides is 1. The molecule has 0 bridgehead atoms. The highest BCUT2D eigenvalue weighted by molar-refractivity contribution is 5.82. The van der Waals surface area contributed by atoms with Gasteiger partial charge in [0.05, 0.1) is 6.54 Å². The van der Waals surface area contributed by atoms with Gasteiger partial charge in [-0.05, 0) is 5.92 Å². The lowest BCUT2D eigenvalue weighted by Gasteiger charge is -2.30. The van der Waals surface area contributed by atoms with Gasteiger partial charge < -0.3 is 15.3 Å². The maximum Gasteiger partial charge on any atom is 0.323 e. The average Bonchev–Trinajstić information content (AvgIpc) is 2.28. The zero-order valence-corrected chi connectivity index (χ0v) is 11.2. The van der Waals surface area contributed by atoms with Crippen molar-refractivity contribution in [2.24, 2.45) is 5.92 Å². The van der Waals surface area contributed by atoms with E-state index in [1.165, 1.54) is 4.90 Å². The Morgan fingerprint density at radius 3 is 2.44 bits per heavy atom. The summed E-state index contributed by atoms with van der Waals surface area (Å²) < 4.78 is 0. The van der Waals surface area contributed by atoms with E-state index in [1.807, 2.05) is 13.8 Å². The van der Waals surface area contributed by atoms with Crippen LogP contribution in [0.2, 0.25) is 0 Å². The van der Waals surface area contributed by atoms with Crippen molar-refractivity contribution in [3.05, 3.63) is 0 Å². The highest BCUT2D eigenvalue weighted by Crippen LogP contribution is 2.02. The molecular weight excluding hydrogens is 234 g/mol. The molecule has 2 N–H and O–H groups in total. The zero-order valence-electron chi connectivity index (χ0n) is 11.2. The van der Waals surface area contributed by atoms with Crippen LogP contribution in [0, 0.1) is 5.92 Å². The molecular formula is C12H23N3O3. The van der Waals surface area contributed by atoms with Gasteiger partial charge in [0.25, 0.3) is 0 Å². The second-order valence-electron chi connectivity index (χ2n) is 5.09. The van der Waals surface area contributed by atoms with Gasteiger partial charge in [-0.15, -0.1) is 0 Å². The molecule has 1 amide bonds. The minimum atomic E-state index is -0.954. The molecule has 0 aliphatic carbocycles. The summed E-state index contributed by atoms with van der Waals surface area (Å²) in [5.41, 5.74) is 0. The highest BCUT2D eigenvalue weighted by Gasteiger charge is 2.21. The lowest BCUT2D eigenvalue weighted by atomic mass is 10.2. The molecule has 18 heavy (non-hydrogen) atoms. The molecule has 1 heterocycles. The van der Waals surface area contributed by atoms with E-state index in [0.717, 1.165) is 26.2 Å². The molecule has 1 fully saturated rings. The van der Waals surface area contributed by atoms with Gasteiger partial charge in [-0.1, -0.05) is 13.8 Å². The monoisotopic (exact) mass is 257 g/mol. The Balaban J connectivity index is 2.48. The van der Waals surface area contributed by atoms with Gasteiger partial charge in [0.1, 0.15) is 6.54 Å². The Hall–Kier alpha value is -1.14. The molecule has 6 heteroatoms. The van der Waals surface area contributed by atoms with E-state index in [0.29, 0.717) is 13.1 Å². The Morgan fingerprint density at radius 1 is 1.33 bits per heavy atom. The first-order valence-corrected chi connectivity index (χ1v) is 6.41. The van der Waals surface area contributed by atoms with Crippen molar-refractivity contribution in [2.75, 3.05) is 45.8 Å². The largest absolute Gasteiger partial charge is 0.480 e. The molecule has 1 aliphatic heterocycles. The highest BCUT2D eigenvalue weighted by atomic mass is 16.4. The van der Waals surface area contributed by atoms with Crippen LogP contribution in [0.3, 0.4) is 0 Å². The van der Waals surface area contributed by atoms with Gasteiger partial charge in [0, 0.05) is 32.7 Å². The van der Waals surface area contributed by atoms with E-state index in [1.54, 1.807) is 0 Å². The lowest BCUT2D eigenvalue weighted by molar-refractivity contribution is -0.145. The number of carbonyl (C=O) groups is 2. The third kappa shape index (κ3) is 5.46. The Labute approximate surface area is 108 Å². The van der Waals surface area contributed by atoms with Crippen LogP contribution in [0.1, 0.15) is 13.8 Å². The molecule has 1 saturated heterocycles.